The summed E-state index contributed by atoms with van der Waals surface area (Å²) < 4.78 is 1.43. The molecule has 80 valence electrons. The summed E-state index contributed by atoms with van der Waals surface area (Å²) in [4.78, 5) is 22.5. The van der Waals surface area contributed by atoms with Gasteiger partial charge < -0.3 is 11.1 Å². The van der Waals surface area contributed by atoms with Crippen molar-refractivity contribution in [3.8, 4) is 0 Å². The van der Waals surface area contributed by atoms with Crippen molar-refractivity contribution in [2.75, 3.05) is 5.32 Å². The second-order valence-electron chi connectivity index (χ2n) is 3.66. The van der Waals surface area contributed by atoms with Crippen LogP contribution in [0.15, 0.2) is 6.20 Å². The van der Waals surface area contributed by atoms with Crippen LogP contribution in [0.5, 0.6) is 0 Å². The zero-order valence-corrected chi connectivity index (χ0v) is 8.36. The predicted octanol–water partition coefficient (Wildman–Crippen LogP) is -0.133. The van der Waals surface area contributed by atoms with E-state index in [1.165, 1.54) is 10.9 Å². The molecule has 0 aliphatic heterocycles. The molecule has 15 heavy (non-hydrogen) atoms. The SMILES string of the molecule is Cn1ncc(C(N)=O)c1NC(=O)C1CC1. The van der Waals surface area contributed by atoms with Crippen molar-refractivity contribution in [1.29, 1.82) is 0 Å². The van der Waals surface area contributed by atoms with Gasteiger partial charge in [-0.1, -0.05) is 0 Å². The summed E-state index contributed by atoms with van der Waals surface area (Å²) >= 11 is 0. The molecule has 1 aliphatic rings. The van der Waals surface area contributed by atoms with E-state index in [1.807, 2.05) is 0 Å². The molecule has 0 saturated heterocycles. The van der Waals surface area contributed by atoms with Crippen LogP contribution in [0.3, 0.4) is 0 Å². The lowest BCUT2D eigenvalue weighted by Crippen LogP contribution is -2.20. The third kappa shape index (κ3) is 1.83. The molecular weight excluding hydrogens is 196 g/mol. The van der Waals surface area contributed by atoms with Crippen LogP contribution in [0.4, 0.5) is 5.82 Å². The number of amides is 2. The number of anilines is 1. The van der Waals surface area contributed by atoms with Crippen molar-refractivity contribution in [1.82, 2.24) is 9.78 Å². The maximum absolute atomic E-state index is 11.5. The predicted molar refractivity (Wildman–Crippen MR) is 53.1 cm³/mol. The molecule has 1 heterocycles. The lowest BCUT2D eigenvalue weighted by molar-refractivity contribution is -0.117. The van der Waals surface area contributed by atoms with Crippen molar-refractivity contribution >= 4 is 17.6 Å². The molecular formula is C9H12N4O2. The molecule has 0 aromatic carbocycles. The average Bonchev–Trinajstić information content (AvgIpc) is 2.94. The van der Waals surface area contributed by atoms with Crippen LogP contribution < -0.4 is 11.1 Å². The van der Waals surface area contributed by atoms with Crippen molar-refractivity contribution in [3.05, 3.63) is 11.8 Å². The molecule has 6 nitrogen and oxygen atoms in total. The van der Waals surface area contributed by atoms with E-state index >= 15 is 0 Å². The van der Waals surface area contributed by atoms with Crippen LogP contribution in [0.1, 0.15) is 23.2 Å². The molecule has 0 spiro atoms. The normalized spacial score (nSPS) is 15.0. The van der Waals surface area contributed by atoms with Crippen LogP contribution >= 0.6 is 0 Å². The summed E-state index contributed by atoms with van der Waals surface area (Å²) in [5.74, 6) is -0.199. The van der Waals surface area contributed by atoms with E-state index in [2.05, 4.69) is 10.4 Å². The number of aryl methyl sites for hydroxylation is 1. The molecule has 1 saturated carbocycles. The smallest absolute Gasteiger partial charge is 0.254 e. The van der Waals surface area contributed by atoms with E-state index in [1.54, 1.807) is 7.05 Å². The number of nitrogens with one attached hydrogen (secondary N) is 1. The van der Waals surface area contributed by atoms with Crippen LogP contribution in [0, 0.1) is 5.92 Å². The van der Waals surface area contributed by atoms with E-state index < -0.39 is 5.91 Å². The van der Waals surface area contributed by atoms with E-state index in [-0.39, 0.29) is 17.4 Å². The Bertz CT molecular complexity index is 420. The van der Waals surface area contributed by atoms with E-state index in [0.29, 0.717) is 5.82 Å². The summed E-state index contributed by atoms with van der Waals surface area (Å²) in [6.45, 7) is 0. The first-order valence-electron chi connectivity index (χ1n) is 4.72. The monoisotopic (exact) mass is 208 g/mol. The van der Waals surface area contributed by atoms with Crippen molar-refractivity contribution < 1.29 is 9.59 Å². The number of carbonyl (C=O) groups is 2. The number of nitrogens with two attached hydrogens (primary N) is 1. The van der Waals surface area contributed by atoms with Crippen molar-refractivity contribution in [2.45, 2.75) is 12.8 Å². The van der Waals surface area contributed by atoms with E-state index in [4.69, 9.17) is 5.73 Å². The highest BCUT2D eigenvalue weighted by Crippen LogP contribution is 2.30. The lowest BCUT2D eigenvalue weighted by atomic mass is 10.3. The molecule has 3 N–H and O–H groups in total. The first-order valence-corrected chi connectivity index (χ1v) is 4.72. The van der Waals surface area contributed by atoms with Gasteiger partial charge in [-0.3, -0.25) is 14.3 Å². The molecule has 1 aromatic heterocycles. The summed E-state index contributed by atoms with van der Waals surface area (Å²) in [6, 6.07) is 0. The number of hydrogen-bond acceptors (Lipinski definition) is 3. The molecule has 1 aromatic rings. The summed E-state index contributed by atoms with van der Waals surface area (Å²) in [5.41, 5.74) is 5.39. The van der Waals surface area contributed by atoms with Gasteiger partial charge in [0.1, 0.15) is 11.4 Å². The Labute approximate surface area is 86.4 Å². The van der Waals surface area contributed by atoms with E-state index in [9.17, 15) is 9.59 Å². The van der Waals surface area contributed by atoms with Gasteiger partial charge in [-0.05, 0) is 12.8 Å². The second kappa shape index (κ2) is 3.38. The maximum atomic E-state index is 11.5. The fourth-order valence-electron chi connectivity index (χ4n) is 1.33. The van der Waals surface area contributed by atoms with Gasteiger partial charge in [0.2, 0.25) is 5.91 Å². The third-order valence-electron chi connectivity index (χ3n) is 2.39. The Morgan fingerprint density at radius 1 is 1.60 bits per heavy atom. The highest BCUT2D eigenvalue weighted by atomic mass is 16.2. The zero-order chi connectivity index (χ0) is 11.0. The van der Waals surface area contributed by atoms with Gasteiger partial charge in [-0.15, -0.1) is 0 Å². The fraction of sp³-hybridized carbons (Fsp3) is 0.444. The lowest BCUT2D eigenvalue weighted by Gasteiger charge is -2.05. The Balaban J connectivity index is 2.21. The molecule has 2 rings (SSSR count). The number of rotatable bonds is 3. The summed E-state index contributed by atoms with van der Waals surface area (Å²) in [7, 11) is 1.65. The highest BCUT2D eigenvalue weighted by Gasteiger charge is 2.31. The van der Waals surface area contributed by atoms with E-state index in [0.717, 1.165) is 12.8 Å². The summed E-state index contributed by atoms with van der Waals surface area (Å²) in [5, 5.41) is 6.53. The topological polar surface area (TPSA) is 90.0 Å². The first kappa shape index (κ1) is 9.70. The molecule has 1 aliphatic carbocycles. The largest absolute Gasteiger partial charge is 0.365 e. The Kier molecular flexibility index (Phi) is 2.18. The number of aromatic nitrogens is 2. The number of carbonyl (C=O) groups excluding carboxylic acids is 2. The van der Waals surface area contributed by atoms with Gasteiger partial charge in [-0.25, -0.2) is 0 Å². The standard InChI is InChI=1S/C9H12N4O2/c1-13-8(6(4-11-13)7(10)14)12-9(15)5-2-3-5/h4-5H,2-3H2,1H3,(H2,10,14)(H,12,15). The molecule has 0 radical (unpaired) electrons. The Morgan fingerprint density at radius 2 is 2.27 bits per heavy atom. The van der Waals surface area contributed by atoms with Crippen LogP contribution in [0.2, 0.25) is 0 Å². The molecule has 2 amide bonds. The summed E-state index contributed by atoms with van der Waals surface area (Å²) in [6.07, 6.45) is 3.18. The minimum absolute atomic E-state index is 0.0684. The van der Waals surface area contributed by atoms with Gasteiger partial charge >= 0.3 is 0 Å². The van der Waals surface area contributed by atoms with Gasteiger partial charge in [0.05, 0.1) is 6.20 Å². The highest BCUT2D eigenvalue weighted by molar-refractivity contribution is 6.02. The molecule has 0 atom stereocenters. The molecule has 0 unspecified atom stereocenters. The number of hydrogen-bond donors (Lipinski definition) is 2. The minimum atomic E-state index is -0.589. The van der Waals surface area contributed by atoms with Gasteiger partial charge in [0, 0.05) is 13.0 Å². The molecule has 0 bridgehead atoms. The van der Waals surface area contributed by atoms with Crippen LogP contribution in [0.25, 0.3) is 0 Å². The quantitative estimate of drug-likeness (QED) is 0.724. The Morgan fingerprint density at radius 3 is 2.80 bits per heavy atom. The van der Waals surface area contributed by atoms with Crippen LogP contribution in [-0.2, 0) is 11.8 Å². The second-order valence-corrected chi connectivity index (χ2v) is 3.66. The van der Waals surface area contributed by atoms with Crippen LogP contribution in [-0.4, -0.2) is 21.6 Å². The van der Waals surface area contributed by atoms with Crippen molar-refractivity contribution in [3.63, 3.8) is 0 Å². The minimum Gasteiger partial charge on any atom is -0.365 e. The number of primary amides is 1. The Hall–Kier alpha value is -1.85. The first-order chi connectivity index (χ1) is 7.09. The average molecular weight is 208 g/mol. The third-order valence-corrected chi connectivity index (χ3v) is 2.39. The molecule has 6 heteroatoms. The fourth-order valence-corrected chi connectivity index (χ4v) is 1.33. The zero-order valence-electron chi connectivity index (χ0n) is 8.36. The number of nitrogens with zero attached hydrogens (tertiary/aromatic N) is 2. The maximum Gasteiger partial charge on any atom is 0.254 e. The van der Waals surface area contributed by atoms with Crippen molar-refractivity contribution in [2.24, 2.45) is 18.7 Å². The van der Waals surface area contributed by atoms with Gasteiger partial charge in [0.15, 0.2) is 0 Å². The van der Waals surface area contributed by atoms with Gasteiger partial charge in [0.25, 0.3) is 5.91 Å². The molecule has 1 fully saturated rings. The van der Waals surface area contributed by atoms with Gasteiger partial charge in [-0.2, -0.15) is 5.10 Å².